The van der Waals surface area contributed by atoms with Crippen LogP contribution in [0.3, 0.4) is 0 Å². The van der Waals surface area contributed by atoms with Crippen LogP contribution in [-0.4, -0.2) is 41.1 Å². The monoisotopic (exact) mass is 269 g/mol. The maximum absolute atomic E-state index is 9.70. The first-order chi connectivity index (χ1) is 9.17. The number of rotatable bonds is 9. The van der Waals surface area contributed by atoms with E-state index in [0.29, 0.717) is 18.1 Å². The molecular formula is C14H23NO4. The van der Waals surface area contributed by atoms with Crippen LogP contribution in [0.4, 0.5) is 0 Å². The van der Waals surface area contributed by atoms with Crippen LogP contribution in [0.25, 0.3) is 0 Å². The van der Waals surface area contributed by atoms with Gasteiger partial charge in [0.15, 0.2) is 0 Å². The Morgan fingerprint density at radius 2 is 2.11 bits per heavy atom. The van der Waals surface area contributed by atoms with Gasteiger partial charge in [0.1, 0.15) is 24.2 Å². The number of nitrogens with zero attached hydrogens (tertiary/aromatic N) is 1. The van der Waals surface area contributed by atoms with E-state index in [1.54, 1.807) is 12.1 Å². The molecular weight excluding hydrogens is 246 g/mol. The molecule has 1 atom stereocenters. The van der Waals surface area contributed by atoms with E-state index in [-0.39, 0.29) is 19.8 Å². The summed E-state index contributed by atoms with van der Waals surface area (Å²) in [6, 6.07) is 3.55. The highest BCUT2D eigenvalue weighted by atomic mass is 16.5. The summed E-state index contributed by atoms with van der Waals surface area (Å²) in [6.07, 6.45) is 1.38. The van der Waals surface area contributed by atoms with Crippen molar-refractivity contribution in [3.8, 4) is 5.75 Å². The molecule has 1 heterocycles. The first-order valence-corrected chi connectivity index (χ1v) is 6.63. The van der Waals surface area contributed by atoms with Gasteiger partial charge in [0.05, 0.1) is 13.2 Å². The molecule has 0 aliphatic heterocycles. The van der Waals surface area contributed by atoms with Crippen LogP contribution in [0.1, 0.15) is 31.2 Å². The molecule has 0 saturated heterocycles. The third kappa shape index (κ3) is 6.00. The first kappa shape index (κ1) is 15.9. The maximum atomic E-state index is 9.70. The van der Waals surface area contributed by atoms with Gasteiger partial charge in [-0.15, -0.1) is 0 Å². The summed E-state index contributed by atoms with van der Waals surface area (Å²) < 4.78 is 10.8. The number of hydrogen-bond acceptors (Lipinski definition) is 5. The molecule has 0 aliphatic carbocycles. The van der Waals surface area contributed by atoms with Crippen LogP contribution in [-0.2, 0) is 11.3 Å². The number of unbranched alkanes of at least 4 members (excludes halogenated alkanes) is 1. The van der Waals surface area contributed by atoms with Crippen LogP contribution >= 0.6 is 0 Å². The van der Waals surface area contributed by atoms with Crippen molar-refractivity contribution in [2.24, 2.45) is 0 Å². The molecule has 5 nitrogen and oxygen atoms in total. The second-order valence-electron chi connectivity index (χ2n) is 4.45. The summed E-state index contributed by atoms with van der Waals surface area (Å²) in [5, 5.41) is 18.9. The Hall–Kier alpha value is -1.17. The lowest BCUT2D eigenvalue weighted by atomic mass is 10.3. The summed E-state index contributed by atoms with van der Waals surface area (Å²) in [4.78, 5) is 4.17. The quantitative estimate of drug-likeness (QED) is 0.664. The number of aryl methyl sites for hydroxylation is 1. The van der Waals surface area contributed by atoms with Gasteiger partial charge in [0.2, 0.25) is 0 Å². The van der Waals surface area contributed by atoms with Crippen molar-refractivity contribution < 1.29 is 19.7 Å². The van der Waals surface area contributed by atoms with Crippen molar-refractivity contribution in [1.29, 1.82) is 0 Å². The summed E-state index contributed by atoms with van der Waals surface area (Å²) in [5.41, 5.74) is 1.30. The molecule has 108 valence electrons. The van der Waals surface area contributed by atoms with Gasteiger partial charge in [-0.25, -0.2) is 0 Å². The van der Waals surface area contributed by atoms with Crippen molar-refractivity contribution in [3.63, 3.8) is 0 Å². The van der Waals surface area contributed by atoms with E-state index >= 15 is 0 Å². The Morgan fingerprint density at radius 1 is 1.32 bits per heavy atom. The fourth-order valence-corrected chi connectivity index (χ4v) is 1.54. The van der Waals surface area contributed by atoms with Crippen LogP contribution in [0, 0.1) is 6.92 Å². The van der Waals surface area contributed by atoms with Crippen LogP contribution in [0.15, 0.2) is 12.1 Å². The van der Waals surface area contributed by atoms with E-state index < -0.39 is 6.10 Å². The summed E-state index contributed by atoms with van der Waals surface area (Å²) in [6.45, 7) is 4.79. The highest BCUT2D eigenvalue weighted by Crippen LogP contribution is 2.17. The van der Waals surface area contributed by atoms with E-state index in [1.165, 1.54) is 0 Å². The molecule has 1 aromatic rings. The Morgan fingerprint density at radius 3 is 2.79 bits per heavy atom. The third-order valence-electron chi connectivity index (χ3n) is 2.61. The van der Waals surface area contributed by atoms with Crippen LogP contribution in [0.5, 0.6) is 5.75 Å². The largest absolute Gasteiger partial charge is 0.489 e. The molecule has 0 aliphatic rings. The van der Waals surface area contributed by atoms with Gasteiger partial charge >= 0.3 is 0 Å². The standard InChI is InChI=1S/C14H23NO4/c1-3-4-7-18-9-12(17)10-19-14-6-5-11(2)15-13(14)8-16/h5-6,12,16-17H,3-4,7-10H2,1-2H3. The number of aliphatic hydroxyl groups excluding tert-OH is 2. The van der Waals surface area contributed by atoms with Gasteiger partial charge in [-0.2, -0.15) is 0 Å². The minimum absolute atomic E-state index is 0.129. The van der Waals surface area contributed by atoms with Crippen molar-refractivity contribution in [2.45, 2.75) is 39.4 Å². The Balaban J connectivity index is 2.35. The molecule has 0 saturated carbocycles. The number of ether oxygens (including phenoxy) is 2. The van der Waals surface area contributed by atoms with Gasteiger partial charge in [-0.05, 0) is 25.5 Å². The zero-order valence-corrected chi connectivity index (χ0v) is 11.6. The average molecular weight is 269 g/mol. The molecule has 5 heteroatoms. The van der Waals surface area contributed by atoms with Gasteiger partial charge < -0.3 is 19.7 Å². The van der Waals surface area contributed by atoms with Gasteiger partial charge in [-0.3, -0.25) is 4.98 Å². The molecule has 1 unspecified atom stereocenters. The Bertz CT molecular complexity index is 370. The van der Waals surface area contributed by atoms with Crippen LogP contribution in [0.2, 0.25) is 0 Å². The van der Waals surface area contributed by atoms with E-state index in [2.05, 4.69) is 11.9 Å². The average Bonchev–Trinajstić information content (AvgIpc) is 2.42. The van der Waals surface area contributed by atoms with Crippen LogP contribution < -0.4 is 4.74 Å². The molecule has 0 radical (unpaired) electrons. The SMILES string of the molecule is CCCCOCC(O)COc1ccc(C)nc1CO. The maximum Gasteiger partial charge on any atom is 0.143 e. The zero-order valence-electron chi connectivity index (χ0n) is 11.6. The zero-order chi connectivity index (χ0) is 14.1. The highest BCUT2D eigenvalue weighted by Gasteiger charge is 2.09. The van der Waals surface area contributed by atoms with E-state index in [9.17, 15) is 10.2 Å². The first-order valence-electron chi connectivity index (χ1n) is 6.63. The number of aromatic nitrogens is 1. The Kier molecular flexibility index (Phi) is 7.40. The molecule has 0 aromatic carbocycles. The smallest absolute Gasteiger partial charge is 0.143 e. The number of pyridine rings is 1. The lowest BCUT2D eigenvalue weighted by Crippen LogP contribution is -2.24. The minimum Gasteiger partial charge on any atom is -0.489 e. The normalized spacial score (nSPS) is 12.4. The van der Waals surface area contributed by atoms with Crippen molar-refractivity contribution in [2.75, 3.05) is 19.8 Å². The molecule has 1 rings (SSSR count). The topological polar surface area (TPSA) is 71.8 Å². The third-order valence-corrected chi connectivity index (χ3v) is 2.61. The minimum atomic E-state index is -0.676. The lowest BCUT2D eigenvalue weighted by Gasteiger charge is -2.14. The molecule has 0 fully saturated rings. The predicted molar refractivity (Wildman–Crippen MR) is 72.1 cm³/mol. The molecule has 19 heavy (non-hydrogen) atoms. The molecule has 0 amide bonds. The number of aliphatic hydroxyl groups is 2. The van der Waals surface area contributed by atoms with E-state index in [0.717, 1.165) is 18.5 Å². The van der Waals surface area contributed by atoms with E-state index in [1.807, 2.05) is 6.92 Å². The predicted octanol–water partition coefficient (Wildman–Crippen LogP) is 1.44. The highest BCUT2D eigenvalue weighted by molar-refractivity contribution is 5.28. The molecule has 2 N–H and O–H groups in total. The van der Waals surface area contributed by atoms with Gasteiger partial charge in [0, 0.05) is 12.3 Å². The van der Waals surface area contributed by atoms with Crippen molar-refractivity contribution in [3.05, 3.63) is 23.5 Å². The summed E-state index contributed by atoms with van der Waals surface area (Å²) in [7, 11) is 0. The molecule has 0 bridgehead atoms. The Labute approximate surface area is 114 Å². The number of hydrogen-bond donors (Lipinski definition) is 2. The second kappa shape index (κ2) is 8.85. The van der Waals surface area contributed by atoms with Gasteiger partial charge in [0.25, 0.3) is 0 Å². The van der Waals surface area contributed by atoms with E-state index in [4.69, 9.17) is 9.47 Å². The lowest BCUT2D eigenvalue weighted by molar-refractivity contribution is 0.0108. The second-order valence-corrected chi connectivity index (χ2v) is 4.45. The molecule has 0 spiro atoms. The van der Waals surface area contributed by atoms with Gasteiger partial charge in [-0.1, -0.05) is 13.3 Å². The fraction of sp³-hybridized carbons (Fsp3) is 0.643. The summed E-state index contributed by atoms with van der Waals surface area (Å²) >= 11 is 0. The van der Waals surface area contributed by atoms with Crippen molar-refractivity contribution >= 4 is 0 Å². The molecule has 1 aromatic heterocycles. The summed E-state index contributed by atoms with van der Waals surface area (Å²) in [5.74, 6) is 0.501. The van der Waals surface area contributed by atoms with Crippen molar-refractivity contribution in [1.82, 2.24) is 4.98 Å². The fourth-order valence-electron chi connectivity index (χ4n) is 1.54.